The summed E-state index contributed by atoms with van der Waals surface area (Å²) in [4.78, 5) is 29.7. The Hall–Kier alpha value is -3.35. The van der Waals surface area contributed by atoms with Crippen molar-refractivity contribution in [3.63, 3.8) is 0 Å². The van der Waals surface area contributed by atoms with Crippen LogP contribution >= 0.6 is 0 Å². The van der Waals surface area contributed by atoms with Gasteiger partial charge in [-0.25, -0.2) is 4.98 Å². The van der Waals surface area contributed by atoms with Crippen LogP contribution in [0.5, 0.6) is 0 Å². The molecule has 0 aliphatic rings. The van der Waals surface area contributed by atoms with E-state index in [-0.39, 0.29) is 18.0 Å². The highest BCUT2D eigenvalue weighted by atomic mass is 16.3. The van der Waals surface area contributed by atoms with Gasteiger partial charge in [-0.15, -0.1) is 0 Å². The second-order valence-electron chi connectivity index (χ2n) is 5.94. The standard InChI is InChI=1S/C18H16N4O3/c1-11-5-6-15-20-16-13(18(24)22(15)10-11)8-14(21(16)2)17(23)19-9-12-4-3-7-25-12/h3-8,10H,9H2,1-2H3,(H,19,23). The minimum atomic E-state index is -0.290. The van der Waals surface area contributed by atoms with Crippen molar-refractivity contribution in [3.8, 4) is 0 Å². The number of carbonyl (C=O) groups excluding carboxylic acids is 1. The quantitative estimate of drug-likeness (QED) is 0.620. The van der Waals surface area contributed by atoms with Gasteiger partial charge in [-0.1, -0.05) is 6.07 Å². The summed E-state index contributed by atoms with van der Waals surface area (Å²) in [6, 6.07) is 8.81. The molecular formula is C18H16N4O3. The number of nitrogens with zero attached hydrogens (tertiary/aromatic N) is 3. The van der Waals surface area contributed by atoms with Crippen LogP contribution < -0.4 is 10.9 Å². The summed E-state index contributed by atoms with van der Waals surface area (Å²) in [5.74, 6) is 0.369. The van der Waals surface area contributed by atoms with E-state index in [4.69, 9.17) is 4.42 Å². The summed E-state index contributed by atoms with van der Waals surface area (Å²) >= 11 is 0. The molecule has 4 aromatic rings. The van der Waals surface area contributed by atoms with Crippen LogP contribution in [0.25, 0.3) is 16.7 Å². The minimum Gasteiger partial charge on any atom is -0.467 e. The summed E-state index contributed by atoms with van der Waals surface area (Å²) < 4.78 is 8.34. The summed E-state index contributed by atoms with van der Waals surface area (Å²) in [6.07, 6.45) is 3.30. The zero-order valence-electron chi connectivity index (χ0n) is 13.8. The van der Waals surface area contributed by atoms with E-state index in [0.717, 1.165) is 5.56 Å². The maximum absolute atomic E-state index is 12.7. The Morgan fingerprint density at radius 3 is 2.92 bits per heavy atom. The third kappa shape index (κ3) is 2.50. The van der Waals surface area contributed by atoms with Crippen LogP contribution in [0.4, 0.5) is 0 Å². The summed E-state index contributed by atoms with van der Waals surface area (Å²) in [5.41, 5.74) is 2.18. The molecule has 1 N–H and O–H groups in total. The molecule has 7 nitrogen and oxygen atoms in total. The first-order chi connectivity index (χ1) is 12.0. The van der Waals surface area contributed by atoms with Gasteiger partial charge in [0.2, 0.25) is 0 Å². The molecule has 0 bridgehead atoms. The molecule has 25 heavy (non-hydrogen) atoms. The van der Waals surface area contributed by atoms with Crippen LogP contribution in [0.2, 0.25) is 0 Å². The first kappa shape index (κ1) is 15.2. The smallest absolute Gasteiger partial charge is 0.268 e. The molecule has 4 aromatic heterocycles. The summed E-state index contributed by atoms with van der Waals surface area (Å²) in [5, 5.41) is 3.19. The molecule has 0 saturated heterocycles. The van der Waals surface area contributed by atoms with Crippen molar-refractivity contribution in [3.05, 3.63) is 70.2 Å². The highest BCUT2D eigenvalue weighted by Gasteiger charge is 2.17. The van der Waals surface area contributed by atoms with Gasteiger partial charge in [0.15, 0.2) is 0 Å². The molecule has 0 fully saturated rings. The van der Waals surface area contributed by atoms with E-state index in [1.54, 1.807) is 48.3 Å². The number of nitrogens with one attached hydrogen (secondary N) is 1. The van der Waals surface area contributed by atoms with Gasteiger partial charge in [0.25, 0.3) is 11.5 Å². The highest BCUT2D eigenvalue weighted by Crippen LogP contribution is 2.15. The number of amides is 1. The fraction of sp³-hybridized carbons (Fsp3) is 0.167. The number of rotatable bonds is 3. The lowest BCUT2D eigenvalue weighted by Gasteiger charge is -2.05. The third-order valence-corrected chi connectivity index (χ3v) is 4.18. The summed E-state index contributed by atoms with van der Waals surface area (Å²) in [7, 11) is 1.72. The van der Waals surface area contributed by atoms with Crippen molar-refractivity contribution < 1.29 is 9.21 Å². The van der Waals surface area contributed by atoms with E-state index < -0.39 is 0 Å². The second kappa shape index (κ2) is 5.62. The zero-order chi connectivity index (χ0) is 17.6. The van der Waals surface area contributed by atoms with Gasteiger partial charge < -0.3 is 14.3 Å². The largest absolute Gasteiger partial charge is 0.467 e. The van der Waals surface area contributed by atoms with Gasteiger partial charge in [0, 0.05) is 13.2 Å². The number of hydrogen-bond donors (Lipinski definition) is 1. The van der Waals surface area contributed by atoms with Crippen molar-refractivity contribution in [1.29, 1.82) is 0 Å². The molecule has 0 saturated carbocycles. The molecule has 0 aliphatic heterocycles. The van der Waals surface area contributed by atoms with Crippen LogP contribution in [0.1, 0.15) is 21.8 Å². The molecule has 4 heterocycles. The Morgan fingerprint density at radius 1 is 1.32 bits per heavy atom. The number of fused-ring (bicyclic) bond motifs is 2. The molecule has 4 rings (SSSR count). The predicted octanol–water partition coefficient (Wildman–Crippen LogP) is 2.02. The SMILES string of the molecule is Cc1ccc2nc3c(cc(C(=O)NCc4ccco4)n3C)c(=O)n2c1. The molecule has 126 valence electrons. The molecule has 7 heteroatoms. The molecule has 0 spiro atoms. The summed E-state index contributed by atoms with van der Waals surface area (Å²) in [6.45, 7) is 2.19. The highest BCUT2D eigenvalue weighted by molar-refractivity contribution is 5.97. The normalized spacial score (nSPS) is 11.3. The number of hydrogen-bond acceptors (Lipinski definition) is 4. The van der Waals surface area contributed by atoms with E-state index in [1.165, 1.54) is 4.40 Å². The van der Waals surface area contributed by atoms with Gasteiger partial charge in [0.05, 0.1) is 18.2 Å². The van der Waals surface area contributed by atoms with E-state index in [1.807, 2.05) is 13.0 Å². The Morgan fingerprint density at radius 2 is 2.16 bits per heavy atom. The van der Waals surface area contributed by atoms with Crippen LogP contribution in [0.3, 0.4) is 0 Å². The molecule has 1 amide bonds. The van der Waals surface area contributed by atoms with Crippen molar-refractivity contribution in [1.82, 2.24) is 19.3 Å². The Balaban J connectivity index is 1.78. The van der Waals surface area contributed by atoms with E-state index in [0.29, 0.717) is 28.1 Å². The van der Waals surface area contributed by atoms with Crippen LogP contribution in [0, 0.1) is 6.92 Å². The number of pyridine rings is 1. The van der Waals surface area contributed by atoms with E-state index in [9.17, 15) is 9.59 Å². The van der Waals surface area contributed by atoms with E-state index in [2.05, 4.69) is 10.3 Å². The van der Waals surface area contributed by atoms with Gasteiger partial charge >= 0.3 is 0 Å². The monoisotopic (exact) mass is 336 g/mol. The van der Waals surface area contributed by atoms with Crippen LogP contribution in [-0.4, -0.2) is 19.9 Å². The topological polar surface area (TPSA) is 81.5 Å². The number of aromatic nitrogens is 3. The number of aryl methyl sites for hydroxylation is 2. The molecule has 0 radical (unpaired) electrons. The maximum atomic E-state index is 12.7. The zero-order valence-corrected chi connectivity index (χ0v) is 13.8. The first-order valence-corrected chi connectivity index (χ1v) is 7.83. The molecule has 0 unspecified atom stereocenters. The van der Waals surface area contributed by atoms with Crippen molar-refractivity contribution in [2.24, 2.45) is 7.05 Å². The van der Waals surface area contributed by atoms with Gasteiger partial charge in [-0.2, -0.15) is 0 Å². The number of carbonyl (C=O) groups is 1. The molecule has 0 aliphatic carbocycles. The Labute approximate surface area is 142 Å². The van der Waals surface area contributed by atoms with Crippen molar-refractivity contribution in [2.45, 2.75) is 13.5 Å². The average molecular weight is 336 g/mol. The maximum Gasteiger partial charge on any atom is 0.268 e. The van der Waals surface area contributed by atoms with Gasteiger partial charge in [-0.3, -0.25) is 14.0 Å². The lowest BCUT2D eigenvalue weighted by molar-refractivity contribution is 0.0940. The predicted molar refractivity (Wildman–Crippen MR) is 92.6 cm³/mol. The van der Waals surface area contributed by atoms with Gasteiger partial charge in [0.1, 0.15) is 22.7 Å². The molecule has 0 aromatic carbocycles. The fourth-order valence-corrected chi connectivity index (χ4v) is 2.87. The Kier molecular flexibility index (Phi) is 3.42. The lowest BCUT2D eigenvalue weighted by atomic mass is 10.3. The van der Waals surface area contributed by atoms with E-state index >= 15 is 0 Å². The van der Waals surface area contributed by atoms with Crippen molar-refractivity contribution >= 4 is 22.6 Å². The van der Waals surface area contributed by atoms with Crippen LogP contribution in [-0.2, 0) is 13.6 Å². The first-order valence-electron chi connectivity index (χ1n) is 7.83. The fourth-order valence-electron chi connectivity index (χ4n) is 2.87. The van der Waals surface area contributed by atoms with Crippen LogP contribution in [0.15, 0.2) is 52.0 Å². The second-order valence-corrected chi connectivity index (χ2v) is 5.94. The average Bonchev–Trinajstić information content (AvgIpc) is 3.22. The van der Waals surface area contributed by atoms with Crippen molar-refractivity contribution in [2.75, 3.05) is 0 Å². The lowest BCUT2D eigenvalue weighted by Crippen LogP contribution is -2.24. The third-order valence-electron chi connectivity index (χ3n) is 4.18. The minimum absolute atomic E-state index is 0.190. The Bertz CT molecular complexity index is 1150. The van der Waals surface area contributed by atoms with Gasteiger partial charge in [-0.05, 0) is 36.8 Å². The number of furan rings is 1. The molecular weight excluding hydrogens is 320 g/mol. The molecule has 0 atom stereocenters.